The van der Waals surface area contributed by atoms with Gasteiger partial charge in [-0.3, -0.25) is 4.79 Å². The number of thioether (sulfide) groups is 1. The first kappa shape index (κ1) is 22.9. The zero-order valence-corrected chi connectivity index (χ0v) is 18.8. The number of methoxy groups -OCH3 is 1. The number of nitrogens with zero attached hydrogens (tertiary/aromatic N) is 4. The van der Waals surface area contributed by atoms with Crippen molar-refractivity contribution in [2.45, 2.75) is 19.0 Å². The minimum Gasteiger partial charge on any atom is -0.497 e. The quantitative estimate of drug-likeness (QED) is 0.184. The Morgan fingerprint density at radius 1 is 1.22 bits per heavy atom. The van der Waals surface area contributed by atoms with Gasteiger partial charge in [-0.25, -0.2) is 10.1 Å². The number of nitrogens with one attached hydrogen (secondary N) is 2. The van der Waals surface area contributed by atoms with Crippen molar-refractivity contribution in [2.75, 3.05) is 36.1 Å². The van der Waals surface area contributed by atoms with E-state index in [2.05, 4.69) is 26.0 Å². The molecule has 0 bridgehead atoms. The number of benzene rings is 2. The Labute approximate surface area is 190 Å². The van der Waals surface area contributed by atoms with Crippen LogP contribution in [0, 0.1) is 0 Å². The summed E-state index contributed by atoms with van der Waals surface area (Å²) < 4.78 is 12.0. The molecule has 0 aliphatic rings. The smallest absolute Gasteiger partial charge is 0.264 e. The van der Waals surface area contributed by atoms with Gasteiger partial charge in [0.1, 0.15) is 11.5 Å². The topological polar surface area (TPSA) is 129 Å². The first-order valence-corrected chi connectivity index (χ1v) is 10.8. The minimum atomic E-state index is -0.216. The van der Waals surface area contributed by atoms with Crippen LogP contribution in [0.2, 0.25) is 0 Å². The summed E-state index contributed by atoms with van der Waals surface area (Å²) in [5.41, 5.74) is 5.01. The average molecular weight is 456 g/mol. The lowest BCUT2D eigenvalue weighted by molar-refractivity contribution is -0.113. The molecule has 0 spiro atoms. The molecule has 0 atom stereocenters. The Hall–Kier alpha value is -3.73. The predicted molar refractivity (Wildman–Crippen MR) is 126 cm³/mol. The summed E-state index contributed by atoms with van der Waals surface area (Å²) in [6.45, 7) is 4.24. The molecule has 1 heterocycles. The number of carbonyl (C=O) groups excluding carboxylic acids is 1. The van der Waals surface area contributed by atoms with Crippen molar-refractivity contribution in [1.82, 2.24) is 14.9 Å². The van der Waals surface area contributed by atoms with Gasteiger partial charge in [-0.05, 0) is 38.1 Å². The number of nitrogen functional groups attached to an aromatic ring is 1. The van der Waals surface area contributed by atoms with E-state index in [1.165, 1.54) is 4.68 Å². The lowest BCUT2D eigenvalue weighted by atomic mass is 10.1. The van der Waals surface area contributed by atoms with E-state index in [9.17, 15) is 4.79 Å². The Balaban J connectivity index is 1.58. The highest BCUT2D eigenvalue weighted by Gasteiger charge is 2.13. The summed E-state index contributed by atoms with van der Waals surface area (Å²) in [7, 11) is 1.61. The summed E-state index contributed by atoms with van der Waals surface area (Å²) in [4.78, 5) is 12.4. The van der Waals surface area contributed by atoms with Crippen LogP contribution >= 0.6 is 11.8 Å². The molecule has 10 nitrogen and oxygen atoms in total. The molecule has 11 heteroatoms. The van der Waals surface area contributed by atoms with Crippen LogP contribution in [0.5, 0.6) is 11.5 Å². The third-order valence-corrected chi connectivity index (χ3v) is 5.21. The van der Waals surface area contributed by atoms with E-state index in [1.54, 1.807) is 19.2 Å². The van der Waals surface area contributed by atoms with Gasteiger partial charge in [0.2, 0.25) is 11.1 Å². The van der Waals surface area contributed by atoms with Gasteiger partial charge in [-0.1, -0.05) is 36.0 Å². The normalized spacial score (nSPS) is 11.2. The molecule has 0 radical (unpaired) electrons. The summed E-state index contributed by atoms with van der Waals surface area (Å²) in [6.07, 6.45) is 0. The molecule has 0 aliphatic carbocycles. The van der Waals surface area contributed by atoms with E-state index in [1.807, 2.05) is 50.2 Å². The second kappa shape index (κ2) is 11.0. The SMILES string of the molecule is CCOc1ccccc1NC(=O)CSc1nnc(N/N=C(\C)c2cccc(OC)c2)n1N. The van der Waals surface area contributed by atoms with E-state index in [0.29, 0.717) is 28.9 Å². The summed E-state index contributed by atoms with van der Waals surface area (Å²) in [5.74, 6) is 7.53. The molecule has 0 saturated heterocycles. The lowest BCUT2D eigenvalue weighted by Gasteiger charge is -2.11. The average Bonchev–Trinajstić information content (AvgIpc) is 3.16. The second-order valence-corrected chi connectivity index (χ2v) is 7.43. The van der Waals surface area contributed by atoms with Crippen LogP contribution in [0.15, 0.2) is 58.8 Å². The summed E-state index contributed by atoms with van der Waals surface area (Å²) >= 11 is 1.16. The minimum absolute atomic E-state index is 0.0991. The third-order valence-electron chi connectivity index (χ3n) is 4.27. The van der Waals surface area contributed by atoms with Gasteiger partial charge in [0.05, 0.1) is 30.9 Å². The molecule has 32 heavy (non-hydrogen) atoms. The zero-order chi connectivity index (χ0) is 22.9. The van der Waals surface area contributed by atoms with Crippen molar-refractivity contribution in [3.05, 3.63) is 54.1 Å². The largest absolute Gasteiger partial charge is 0.497 e. The number of hydrogen-bond acceptors (Lipinski definition) is 9. The van der Waals surface area contributed by atoms with Gasteiger partial charge >= 0.3 is 0 Å². The van der Waals surface area contributed by atoms with Gasteiger partial charge in [-0.2, -0.15) is 5.10 Å². The van der Waals surface area contributed by atoms with Gasteiger partial charge in [-0.15, -0.1) is 10.2 Å². The number of aromatic nitrogens is 3. The number of nitrogens with two attached hydrogens (primary N) is 1. The Bertz CT molecular complexity index is 1100. The van der Waals surface area contributed by atoms with Crippen molar-refractivity contribution in [3.63, 3.8) is 0 Å². The van der Waals surface area contributed by atoms with E-state index < -0.39 is 0 Å². The number of rotatable bonds is 10. The van der Waals surface area contributed by atoms with Crippen molar-refractivity contribution in [2.24, 2.45) is 5.10 Å². The molecular formula is C21H25N7O3S. The monoisotopic (exact) mass is 455 g/mol. The maximum Gasteiger partial charge on any atom is 0.264 e. The molecule has 3 rings (SSSR count). The lowest BCUT2D eigenvalue weighted by Crippen LogP contribution is -2.17. The van der Waals surface area contributed by atoms with Crippen LogP contribution in [0.1, 0.15) is 19.4 Å². The molecule has 2 aromatic carbocycles. The number of hydrazone groups is 1. The molecule has 3 aromatic rings. The molecule has 168 valence electrons. The molecule has 1 amide bonds. The number of para-hydroxylation sites is 2. The third kappa shape index (κ3) is 5.91. The Morgan fingerprint density at radius 2 is 2.03 bits per heavy atom. The molecule has 1 aromatic heterocycles. The second-order valence-electron chi connectivity index (χ2n) is 6.48. The van der Waals surface area contributed by atoms with Gasteiger partial charge in [0.15, 0.2) is 0 Å². The number of hydrogen-bond donors (Lipinski definition) is 3. The fraction of sp³-hybridized carbons (Fsp3) is 0.238. The van der Waals surface area contributed by atoms with Crippen molar-refractivity contribution in [3.8, 4) is 11.5 Å². The van der Waals surface area contributed by atoms with Crippen LogP contribution in [-0.2, 0) is 4.79 Å². The highest BCUT2D eigenvalue weighted by Crippen LogP contribution is 2.24. The van der Waals surface area contributed by atoms with Crippen molar-refractivity contribution >= 4 is 35.0 Å². The van der Waals surface area contributed by atoms with Crippen LogP contribution in [0.4, 0.5) is 11.6 Å². The highest BCUT2D eigenvalue weighted by molar-refractivity contribution is 7.99. The summed E-state index contributed by atoms with van der Waals surface area (Å²) in [6, 6.07) is 14.8. The van der Waals surface area contributed by atoms with Crippen molar-refractivity contribution in [1.29, 1.82) is 0 Å². The Kier molecular flexibility index (Phi) is 7.92. The van der Waals surface area contributed by atoms with Crippen LogP contribution in [0.25, 0.3) is 0 Å². The van der Waals surface area contributed by atoms with E-state index in [0.717, 1.165) is 23.1 Å². The van der Waals surface area contributed by atoms with Crippen molar-refractivity contribution < 1.29 is 14.3 Å². The van der Waals surface area contributed by atoms with Crippen LogP contribution in [-0.4, -0.2) is 46.0 Å². The molecule has 0 saturated carbocycles. The fourth-order valence-electron chi connectivity index (χ4n) is 2.67. The van der Waals surface area contributed by atoms with Gasteiger partial charge in [0.25, 0.3) is 5.95 Å². The van der Waals surface area contributed by atoms with Gasteiger partial charge < -0.3 is 20.6 Å². The summed E-state index contributed by atoms with van der Waals surface area (Å²) in [5, 5.41) is 15.5. The molecule has 0 aliphatic heterocycles. The molecule has 0 unspecified atom stereocenters. The maximum atomic E-state index is 12.4. The molecule has 4 N–H and O–H groups in total. The fourth-order valence-corrected chi connectivity index (χ4v) is 3.32. The zero-order valence-electron chi connectivity index (χ0n) is 18.0. The van der Waals surface area contributed by atoms with Crippen LogP contribution < -0.4 is 26.1 Å². The molecule has 0 fully saturated rings. The molecular weight excluding hydrogens is 430 g/mol. The number of carbonyl (C=O) groups is 1. The standard InChI is InChI=1S/C21H25N7O3S/c1-4-31-18-11-6-5-10-17(18)23-19(29)13-32-21-27-26-20(28(21)22)25-24-14(2)15-8-7-9-16(12-15)30-3/h5-12H,4,13,22H2,1-3H3,(H,23,29)(H,25,26)/b24-14+. The van der Waals surface area contributed by atoms with Gasteiger partial charge in [0, 0.05) is 5.56 Å². The predicted octanol–water partition coefficient (Wildman–Crippen LogP) is 2.97. The first-order chi connectivity index (χ1) is 15.5. The number of anilines is 2. The maximum absolute atomic E-state index is 12.4. The van der Waals surface area contributed by atoms with E-state index in [4.69, 9.17) is 15.3 Å². The number of ether oxygens (including phenoxy) is 2. The van der Waals surface area contributed by atoms with E-state index >= 15 is 0 Å². The Morgan fingerprint density at radius 3 is 2.81 bits per heavy atom. The van der Waals surface area contributed by atoms with Crippen LogP contribution in [0.3, 0.4) is 0 Å². The number of amides is 1. The first-order valence-electron chi connectivity index (χ1n) is 9.81. The highest BCUT2D eigenvalue weighted by atomic mass is 32.2. The van der Waals surface area contributed by atoms with E-state index in [-0.39, 0.29) is 17.6 Å².